The lowest BCUT2D eigenvalue weighted by Crippen LogP contribution is -1.97. The highest BCUT2D eigenvalue weighted by Crippen LogP contribution is 2.39. The van der Waals surface area contributed by atoms with Gasteiger partial charge in [-0.3, -0.25) is 0 Å². The van der Waals surface area contributed by atoms with Crippen LogP contribution in [-0.4, -0.2) is 9.97 Å². The lowest BCUT2D eigenvalue weighted by Gasteiger charge is -2.14. The minimum atomic E-state index is -0.689. The van der Waals surface area contributed by atoms with Crippen LogP contribution in [0.2, 0.25) is 0 Å². The van der Waals surface area contributed by atoms with Gasteiger partial charge in [0.2, 0.25) is 0 Å². The van der Waals surface area contributed by atoms with Crippen LogP contribution in [0.4, 0.5) is 0 Å². The molecule has 0 unspecified atom stereocenters. The first-order valence-electron chi connectivity index (χ1n) is 21.2. The van der Waals surface area contributed by atoms with E-state index in [0.717, 1.165) is 10.8 Å². The van der Waals surface area contributed by atoms with E-state index in [-0.39, 0.29) is 71.8 Å². The zero-order valence-corrected chi connectivity index (χ0v) is 21.9. The van der Waals surface area contributed by atoms with Gasteiger partial charge in [-0.15, -0.1) is 0 Å². The maximum Gasteiger partial charge on any atom is 0.161 e. The van der Waals surface area contributed by atoms with E-state index in [1.807, 2.05) is 30.3 Å². The van der Waals surface area contributed by atoms with Gasteiger partial charge in [0.15, 0.2) is 5.82 Å². The van der Waals surface area contributed by atoms with Gasteiger partial charge in [0.05, 0.1) is 33.3 Å². The Morgan fingerprint density at radius 2 is 1.23 bits per heavy atom. The highest BCUT2D eigenvalue weighted by Gasteiger charge is 2.18. The van der Waals surface area contributed by atoms with E-state index < -0.39 is 96.7 Å². The molecule has 7 aromatic carbocycles. The summed E-state index contributed by atoms with van der Waals surface area (Å²) in [4.78, 5) is 9.60. The first-order chi connectivity index (χ1) is 28.0. The number of hydrogen-bond acceptors (Lipinski definition) is 3. The van der Waals surface area contributed by atoms with Gasteiger partial charge in [0.1, 0.15) is 11.2 Å². The van der Waals surface area contributed by atoms with Crippen LogP contribution in [0, 0.1) is 0 Å². The summed E-state index contributed by atoms with van der Waals surface area (Å²) in [5.74, 6) is -0.340. The van der Waals surface area contributed by atoms with Gasteiger partial charge in [0.25, 0.3) is 0 Å². The van der Waals surface area contributed by atoms with E-state index in [4.69, 9.17) is 33.6 Å². The van der Waals surface area contributed by atoms with Crippen LogP contribution in [0.5, 0.6) is 0 Å². The zero-order chi connectivity index (χ0) is 42.3. The Hall–Kier alpha value is -5.80. The lowest BCUT2D eigenvalue weighted by atomic mass is 9.94. The van der Waals surface area contributed by atoms with Crippen molar-refractivity contribution in [1.82, 2.24) is 9.97 Å². The zero-order valence-electron chi connectivity index (χ0n) is 37.9. The number of aromatic nitrogens is 2. The molecule has 2 heterocycles. The lowest BCUT2D eigenvalue weighted by molar-refractivity contribution is 0.669. The molecule has 0 spiro atoms. The van der Waals surface area contributed by atoms with Gasteiger partial charge in [-0.1, -0.05) is 115 Å². The Bertz CT molecular complexity index is 3420. The molecule has 43 heavy (non-hydrogen) atoms. The third-order valence-electron chi connectivity index (χ3n) is 7.32. The third-order valence-corrected chi connectivity index (χ3v) is 7.32. The molecule has 0 bridgehead atoms. The molecule has 0 amide bonds. The minimum Gasteiger partial charge on any atom is -0.456 e. The molecule has 3 nitrogen and oxygen atoms in total. The molecule has 0 aliphatic carbocycles. The summed E-state index contributed by atoms with van der Waals surface area (Å²) >= 11 is 0. The van der Waals surface area contributed by atoms with Crippen LogP contribution in [-0.2, 0) is 0 Å². The van der Waals surface area contributed by atoms with E-state index in [1.165, 1.54) is 6.07 Å². The molecule has 9 aromatic rings. The average molecular weight is 565 g/mol. The third kappa shape index (κ3) is 3.83. The fraction of sp³-hybridized carbons (Fsp3) is 0. The largest absolute Gasteiger partial charge is 0.456 e. The summed E-state index contributed by atoms with van der Waals surface area (Å²) < 4.78 is 146. The molecule has 0 aliphatic rings. The molecule has 2 aromatic heterocycles. The van der Waals surface area contributed by atoms with Crippen LogP contribution >= 0.6 is 0 Å². The first-order valence-corrected chi connectivity index (χ1v) is 13.2. The molecule has 0 saturated heterocycles. The number of para-hydroxylation sites is 1. The van der Waals surface area contributed by atoms with Gasteiger partial charge in [-0.2, -0.15) is 0 Å². The van der Waals surface area contributed by atoms with Crippen molar-refractivity contribution in [2.45, 2.75) is 0 Å². The molecule has 0 atom stereocenters. The van der Waals surface area contributed by atoms with Gasteiger partial charge in [-0.05, 0) is 62.6 Å². The summed E-state index contributed by atoms with van der Waals surface area (Å²) in [5, 5.41) is 0.0960. The maximum absolute atomic E-state index is 9.58. The van der Waals surface area contributed by atoms with E-state index in [9.17, 15) is 2.74 Å². The van der Waals surface area contributed by atoms with Crippen molar-refractivity contribution in [3.05, 3.63) is 145 Å². The van der Waals surface area contributed by atoms with Gasteiger partial charge >= 0.3 is 0 Å². The second-order valence-corrected chi connectivity index (χ2v) is 9.78. The highest BCUT2D eigenvalue weighted by molar-refractivity contribution is 6.14. The van der Waals surface area contributed by atoms with Crippen molar-refractivity contribution in [3.8, 4) is 33.9 Å². The fourth-order valence-corrected chi connectivity index (χ4v) is 5.37. The molecule has 200 valence electrons. The molecule has 0 fully saturated rings. The number of hydrogen-bond donors (Lipinski definition) is 0. The number of furan rings is 1. The first kappa shape index (κ1) is 13.0. The van der Waals surface area contributed by atoms with Crippen LogP contribution < -0.4 is 0 Å². The van der Waals surface area contributed by atoms with E-state index in [1.54, 1.807) is 12.1 Å². The number of benzene rings is 7. The number of rotatable bonds is 3. The minimum absolute atomic E-state index is 0.142. The summed E-state index contributed by atoms with van der Waals surface area (Å²) in [6, 6.07) is 4.27. The molecule has 0 aliphatic heterocycles. The van der Waals surface area contributed by atoms with E-state index in [0.29, 0.717) is 5.56 Å². The van der Waals surface area contributed by atoms with E-state index in [2.05, 4.69) is 0 Å². The van der Waals surface area contributed by atoms with Crippen LogP contribution in [0.15, 0.2) is 150 Å². The SMILES string of the molecule is [2H]c1c([2H])c([2H])c2c(oc3c([2H])c([2H])c([2H])c(-c4nc(-c5ccc6ccccc6c5)cc(-c5c([2H])c6c([2H])c([2H])c([2H])c([2H])c6c6c([2H])c([2H])c([2H])c([2H])c56)n4)c32)c1[2H]. The van der Waals surface area contributed by atoms with Crippen LogP contribution in [0.25, 0.3) is 88.2 Å². The molecule has 9 rings (SSSR count). The average Bonchev–Trinajstić information content (AvgIpc) is 3.63. The Labute approximate surface area is 270 Å². The van der Waals surface area contributed by atoms with Gasteiger partial charge < -0.3 is 4.42 Å². The quantitative estimate of drug-likeness (QED) is 0.200. The summed E-state index contributed by atoms with van der Waals surface area (Å²) in [6.45, 7) is 0. The molecular formula is C40H24N2O. The van der Waals surface area contributed by atoms with Crippen molar-refractivity contribution < 1.29 is 26.3 Å². The standard InChI is InChI=1S/C40H24N2O/c1-2-11-26-22-28(21-20-25(26)10-1)35-24-36(34-23-27-12-3-4-13-29(27)30-14-5-6-15-31(30)34)42-40(41-35)33-17-9-19-38-39(33)32-16-7-8-18-37(32)43-38/h1-24H/i3D,4D,5D,6D,7D,8D,9D,12D,13D,14D,15D,16D,17D,18D,19D,23D. The smallest absolute Gasteiger partial charge is 0.161 e. The van der Waals surface area contributed by atoms with E-state index >= 15 is 0 Å². The topological polar surface area (TPSA) is 38.9 Å². The van der Waals surface area contributed by atoms with Gasteiger partial charge in [0, 0.05) is 27.5 Å². The fourth-order valence-electron chi connectivity index (χ4n) is 5.37. The predicted molar refractivity (Wildman–Crippen MR) is 178 cm³/mol. The summed E-state index contributed by atoms with van der Waals surface area (Å²) in [7, 11) is 0. The van der Waals surface area contributed by atoms with Gasteiger partial charge in [-0.25, -0.2) is 9.97 Å². The molecule has 0 radical (unpaired) electrons. The molecular weight excluding hydrogens is 524 g/mol. The molecule has 0 N–H and O–H groups in total. The van der Waals surface area contributed by atoms with Crippen molar-refractivity contribution in [1.29, 1.82) is 0 Å². The maximum atomic E-state index is 9.58. The normalized spacial score (nSPS) is 16.9. The molecule has 0 saturated carbocycles. The Balaban J connectivity index is 1.52. The second-order valence-electron chi connectivity index (χ2n) is 9.78. The van der Waals surface area contributed by atoms with Crippen molar-refractivity contribution >= 4 is 54.3 Å². The van der Waals surface area contributed by atoms with Crippen molar-refractivity contribution in [2.24, 2.45) is 0 Å². The van der Waals surface area contributed by atoms with Crippen LogP contribution in [0.1, 0.15) is 21.9 Å². The van der Waals surface area contributed by atoms with Crippen molar-refractivity contribution in [2.75, 3.05) is 0 Å². The predicted octanol–water partition coefficient (Wildman–Crippen LogP) is 10.8. The Morgan fingerprint density at radius 3 is 2.14 bits per heavy atom. The number of fused-ring (bicyclic) bond motifs is 7. The Morgan fingerprint density at radius 1 is 0.512 bits per heavy atom. The van der Waals surface area contributed by atoms with Crippen LogP contribution in [0.3, 0.4) is 0 Å². The summed E-state index contributed by atoms with van der Waals surface area (Å²) in [5.41, 5.74) is -0.782. The Kier molecular flexibility index (Phi) is 2.84. The highest BCUT2D eigenvalue weighted by atomic mass is 16.3. The monoisotopic (exact) mass is 564 g/mol. The number of nitrogens with zero attached hydrogens (tertiary/aromatic N) is 2. The summed E-state index contributed by atoms with van der Waals surface area (Å²) in [6.07, 6.45) is 0. The second kappa shape index (κ2) is 9.37. The molecule has 3 heteroatoms. The van der Waals surface area contributed by atoms with Crippen molar-refractivity contribution in [3.63, 3.8) is 0 Å².